The van der Waals surface area contributed by atoms with Crippen LogP contribution in [-0.2, 0) is 6.42 Å². The highest BCUT2D eigenvalue weighted by Gasteiger charge is 2.19. The van der Waals surface area contributed by atoms with Crippen LogP contribution in [0.15, 0.2) is 35.9 Å². The van der Waals surface area contributed by atoms with Crippen LogP contribution in [0.2, 0.25) is 0 Å². The molecule has 2 aromatic rings. The molecule has 1 nitrogen and oxygen atoms in total. The Hall–Kier alpha value is -2.02. The van der Waals surface area contributed by atoms with Crippen molar-refractivity contribution in [3.8, 4) is 16.9 Å². The zero-order chi connectivity index (χ0) is 14.3. The molecule has 0 saturated carbocycles. The molecule has 3 rings (SSSR count). The second kappa shape index (κ2) is 4.82. The quantitative estimate of drug-likeness (QED) is 0.746. The van der Waals surface area contributed by atoms with Crippen LogP contribution in [0.25, 0.3) is 17.2 Å². The minimum Gasteiger partial charge on any atom is -0.496 e. The first kappa shape index (κ1) is 13.0. The summed E-state index contributed by atoms with van der Waals surface area (Å²) in [6.45, 7) is 6.50. The number of hydrogen-bond acceptors (Lipinski definition) is 1. The van der Waals surface area contributed by atoms with Gasteiger partial charge in [-0.05, 0) is 49.9 Å². The molecule has 0 unspecified atom stereocenters. The average Bonchev–Trinajstić information content (AvgIpc) is 2.77. The molecular formula is C19H20O. The zero-order valence-corrected chi connectivity index (χ0v) is 12.6. The molecule has 0 radical (unpaired) electrons. The van der Waals surface area contributed by atoms with Gasteiger partial charge in [-0.15, -0.1) is 0 Å². The Kier molecular flexibility index (Phi) is 3.13. The summed E-state index contributed by atoms with van der Waals surface area (Å²) in [6.07, 6.45) is 3.27. The van der Waals surface area contributed by atoms with E-state index in [9.17, 15) is 0 Å². The standard InChI is InChI=1S/C19H20O/c1-12-7-13(2)9-15(8-12)16-5-6-19(20-4)18-11-14(3)10-17(16)18/h5-9,11H,10H2,1-4H3. The summed E-state index contributed by atoms with van der Waals surface area (Å²) in [5.74, 6) is 0.977. The van der Waals surface area contributed by atoms with Crippen LogP contribution in [0.5, 0.6) is 5.75 Å². The molecule has 0 bridgehead atoms. The van der Waals surface area contributed by atoms with Gasteiger partial charge in [0.2, 0.25) is 0 Å². The number of rotatable bonds is 2. The predicted molar refractivity (Wildman–Crippen MR) is 85.3 cm³/mol. The normalized spacial score (nSPS) is 13.1. The molecule has 0 N–H and O–H groups in total. The van der Waals surface area contributed by atoms with Crippen LogP contribution in [-0.4, -0.2) is 7.11 Å². The van der Waals surface area contributed by atoms with E-state index in [0.29, 0.717) is 0 Å². The lowest BCUT2D eigenvalue weighted by molar-refractivity contribution is 0.413. The highest BCUT2D eigenvalue weighted by Crippen LogP contribution is 2.39. The lowest BCUT2D eigenvalue weighted by Gasteiger charge is -2.13. The van der Waals surface area contributed by atoms with Gasteiger partial charge in [-0.1, -0.05) is 47.0 Å². The fraction of sp³-hybridized carbons (Fsp3) is 0.263. The third-order valence-electron chi connectivity index (χ3n) is 3.92. The van der Waals surface area contributed by atoms with E-state index in [4.69, 9.17) is 4.74 Å². The maximum absolute atomic E-state index is 5.50. The SMILES string of the molecule is COc1ccc(-c2cc(C)cc(C)c2)c2c1C=C(C)C2. The van der Waals surface area contributed by atoms with Crippen molar-refractivity contribution in [2.24, 2.45) is 0 Å². The van der Waals surface area contributed by atoms with E-state index >= 15 is 0 Å². The van der Waals surface area contributed by atoms with Gasteiger partial charge in [0.15, 0.2) is 0 Å². The van der Waals surface area contributed by atoms with Gasteiger partial charge in [0.1, 0.15) is 5.75 Å². The van der Waals surface area contributed by atoms with Gasteiger partial charge in [-0.25, -0.2) is 0 Å². The molecule has 0 spiro atoms. The Morgan fingerprint density at radius 2 is 1.65 bits per heavy atom. The van der Waals surface area contributed by atoms with Gasteiger partial charge in [0.05, 0.1) is 7.11 Å². The predicted octanol–water partition coefficient (Wildman–Crippen LogP) is 4.94. The highest BCUT2D eigenvalue weighted by molar-refractivity contribution is 5.80. The molecule has 0 aliphatic heterocycles. The van der Waals surface area contributed by atoms with Gasteiger partial charge in [0.25, 0.3) is 0 Å². The maximum atomic E-state index is 5.50. The van der Waals surface area contributed by atoms with Gasteiger partial charge in [-0.3, -0.25) is 0 Å². The van der Waals surface area contributed by atoms with Crippen molar-refractivity contribution >= 4 is 6.08 Å². The van der Waals surface area contributed by atoms with Crippen LogP contribution in [0, 0.1) is 13.8 Å². The Morgan fingerprint density at radius 1 is 0.950 bits per heavy atom. The second-order valence-electron chi connectivity index (χ2n) is 5.75. The fourth-order valence-electron chi connectivity index (χ4n) is 3.15. The number of allylic oxidation sites excluding steroid dienone is 1. The summed E-state index contributed by atoms with van der Waals surface area (Å²) >= 11 is 0. The number of hydrogen-bond donors (Lipinski definition) is 0. The van der Waals surface area contributed by atoms with Crippen molar-refractivity contribution in [1.29, 1.82) is 0 Å². The van der Waals surface area contributed by atoms with Crippen molar-refractivity contribution in [3.63, 3.8) is 0 Å². The van der Waals surface area contributed by atoms with Gasteiger partial charge >= 0.3 is 0 Å². The molecule has 102 valence electrons. The highest BCUT2D eigenvalue weighted by atomic mass is 16.5. The third-order valence-corrected chi connectivity index (χ3v) is 3.92. The van der Waals surface area contributed by atoms with Crippen molar-refractivity contribution < 1.29 is 4.74 Å². The largest absolute Gasteiger partial charge is 0.496 e. The molecular weight excluding hydrogens is 244 g/mol. The van der Waals surface area contributed by atoms with Crippen LogP contribution in [0.1, 0.15) is 29.2 Å². The van der Waals surface area contributed by atoms with Crippen LogP contribution >= 0.6 is 0 Å². The molecule has 0 fully saturated rings. The van der Waals surface area contributed by atoms with Gasteiger partial charge in [-0.2, -0.15) is 0 Å². The number of methoxy groups -OCH3 is 1. The summed E-state index contributed by atoms with van der Waals surface area (Å²) in [7, 11) is 1.74. The molecule has 1 aliphatic rings. The monoisotopic (exact) mass is 264 g/mol. The first-order valence-corrected chi connectivity index (χ1v) is 7.04. The van der Waals surface area contributed by atoms with Gasteiger partial charge < -0.3 is 4.74 Å². The lowest BCUT2D eigenvalue weighted by Crippen LogP contribution is -1.94. The molecule has 0 heterocycles. The average molecular weight is 264 g/mol. The molecule has 1 heteroatoms. The Morgan fingerprint density at radius 3 is 2.30 bits per heavy atom. The molecule has 0 atom stereocenters. The maximum Gasteiger partial charge on any atom is 0.126 e. The van der Waals surface area contributed by atoms with Crippen LogP contribution in [0.3, 0.4) is 0 Å². The van der Waals surface area contributed by atoms with E-state index in [1.54, 1.807) is 7.11 Å². The Bertz CT molecular complexity index is 688. The number of aryl methyl sites for hydroxylation is 2. The fourth-order valence-corrected chi connectivity index (χ4v) is 3.15. The van der Waals surface area contributed by atoms with Gasteiger partial charge in [0, 0.05) is 5.56 Å². The summed E-state index contributed by atoms with van der Waals surface area (Å²) < 4.78 is 5.50. The van der Waals surface area contributed by atoms with Crippen LogP contribution in [0.4, 0.5) is 0 Å². The number of fused-ring (bicyclic) bond motifs is 1. The smallest absolute Gasteiger partial charge is 0.126 e. The summed E-state index contributed by atoms with van der Waals surface area (Å²) in [5, 5.41) is 0. The van der Waals surface area contributed by atoms with Crippen molar-refractivity contribution in [2.75, 3.05) is 7.11 Å². The summed E-state index contributed by atoms with van der Waals surface area (Å²) in [6, 6.07) is 11.0. The Balaban J connectivity index is 2.20. The zero-order valence-electron chi connectivity index (χ0n) is 12.6. The molecule has 20 heavy (non-hydrogen) atoms. The topological polar surface area (TPSA) is 9.23 Å². The number of ether oxygens (including phenoxy) is 1. The summed E-state index contributed by atoms with van der Waals surface area (Å²) in [4.78, 5) is 0. The molecule has 2 aromatic carbocycles. The molecule has 0 saturated heterocycles. The number of benzene rings is 2. The third kappa shape index (κ3) is 2.14. The first-order valence-electron chi connectivity index (χ1n) is 7.04. The minimum atomic E-state index is 0.977. The van der Waals surface area contributed by atoms with E-state index in [1.165, 1.54) is 39.0 Å². The summed E-state index contributed by atoms with van der Waals surface area (Å²) in [5.41, 5.74) is 9.31. The first-order chi connectivity index (χ1) is 9.58. The van der Waals surface area contributed by atoms with E-state index < -0.39 is 0 Å². The van der Waals surface area contributed by atoms with E-state index in [2.05, 4.69) is 57.2 Å². The lowest BCUT2D eigenvalue weighted by atomic mass is 9.93. The Labute approximate surface area is 120 Å². The van der Waals surface area contributed by atoms with E-state index in [1.807, 2.05) is 0 Å². The molecule has 1 aliphatic carbocycles. The molecule has 0 amide bonds. The van der Waals surface area contributed by atoms with Crippen LogP contribution < -0.4 is 4.74 Å². The van der Waals surface area contributed by atoms with Crippen molar-refractivity contribution in [1.82, 2.24) is 0 Å². The van der Waals surface area contributed by atoms with E-state index in [-0.39, 0.29) is 0 Å². The minimum absolute atomic E-state index is 0.977. The van der Waals surface area contributed by atoms with Crippen molar-refractivity contribution in [2.45, 2.75) is 27.2 Å². The molecule has 0 aromatic heterocycles. The van der Waals surface area contributed by atoms with E-state index in [0.717, 1.165) is 12.2 Å². The second-order valence-corrected chi connectivity index (χ2v) is 5.75. The van der Waals surface area contributed by atoms with Crippen molar-refractivity contribution in [3.05, 3.63) is 58.2 Å².